The predicted octanol–water partition coefficient (Wildman–Crippen LogP) is 5.75. The van der Waals surface area contributed by atoms with Crippen molar-refractivity contribution in [1.82, 2.24) is 15.1 Å². The van der Waals surface area contributed by atoms with Crippen molar-refractivity contribution < 1.29 is 4.42 Å². The van der Waals surface area contributed by atoms with Crippen LogP contribution in [0, 0.1) is 6.92 Å². The van der Waals surface area contributed by atoms with Gasteiger partial charge in [0.1, 0.15) is 0 Å². The van der Waals surface area contributed by atoms with Crippen LogP contribution >= 0.6 is 34.5 Å². The molecule has 0 amide bonds. The van der Waals surface area contributed by atoms with Gasteiger partial charge >= 0.3 is 0 Å². The zero-order valence-electron chi connectivity index (χ0n) is 13.7. The molecule has 4 nitrogen and oxygen atoms in total. The maximum Gasteiger partial charge on any atom is 0.257 e. The third kappa shape index (κ3) is 3.60. The van der Waals surface area contributed by atoms with E-state index in [0.717, 1.165) is 36.4 Å². The third-order valence-electron chi connectivity index (χ3n) is 4.41. The van der Waals surface area contributed by atoms with Gasteiger partial charge in [0.15, 0.2) is 0 Å². The van der Waals surface area contributed by atoms with Gasteiger partial charge in [0.2, 0.25) is 5.89 Å². The molecule has 1 saturated heterocycles. The van der Waals surface area contributed by atoms with E-state index in [1.165, 1.54) is 4.88 Å². The van der Waals surface area contributed by atoms with Crippen molar-refractivity contribution in [3.05, 3.63) is 56.7 Å². The quantitative estimate of drug-likeness (QED) is 0.565. The normalized spacial score (nSPS) is 18.1. The van der Waals surface area contributed by atoms with E-state index in [-0.39, 0.29) is 6.04 Å². The molecule has 1 fully saturated rings. The average molecular weight is 394 g/mol. The second kappa shape index (κ2) is 7.08. The van der Waals surface area contributed by atoms with Crippen LogP contribution in [0.25, 0.3) is 10.8 Å². The first-order valence-corrected chi connectivity index (χ1v) is 9.75. The molecular formula is C18H17Cl2N3OS. The van der Waals surface area contributed by atoms with E-state index in [1.807, 2.05) is 24.3 Å². The van der Waals surface area contributed by atoms with Crippen LogP contribution in [0.4, 0.5) is 0 Å². The van der Waals surface area contributed by atoms with E-state index >= 15 is 0 Å². The van der Waals surface area contributed by atoms with E-state index in [4.69, 9.17) is 27.6 Å². The van der Waals surface area contributed by atoms with Gasteiger partial charge in [-0.2, -0.15) is 0 Å². The van der Waals surface area contributed by atoms with Crippen LogP contribution < -0.4 is 0 Å². The van der Waals surface area contributed by atoms with E-state index in [9.17, 15) is 0 Å². The highest BCUT2D eigenvalue weighted by atomic mass is 35.5. The van der Waals surface area contributed by atoms with E-state index in [2.05, 4.69) is 28.1 Å². The van der Waals surface area contributed by atoms with Crippen molar-refractivity contribution in [1.29, 1.82) is 0 Å². The minimum absolute atomic E-state index is 0.150. The number of nitrogens with zero attached hydrogens (tertiary/aromatic N) is 3. The van der Waals surface area contributed by atoms with Gasteiger partial charge < -0.3 is 4.42 Å². The van der Waals surface area contributed by atoms with Gasteiger partial charge in [0.05, 0.1) is 21.0 Å². The van der Waals surface area contributed by atoms with Crippen LogP contribution in [-0.4, -0.2) is 21.6 Å². The van der Waals surface area contributed by atoms with Crippen molar-refractivity contribution in [3.63, 3.8) is 0 Å². The Morgan fingerprint density at radius 1 is 1.20 bits per heavy atom. The molecule has 0 saturated carbocycles. The molecule has 3 aromatic rings. The van der Waals surface area contributed by atoms with Crippen molar-refractivity contribution in [3.8, 4) is 10.8 Å². The van der Waals surface area contributed by atoms with Gasteiger partial charge in [-0.15, -0.1) is 21.5 Å². The summed E-state index contributed by atoms with van der Waals surface area (Å²) in [6.07, 6.45) is 2.13. The first-order valence-electron chi connectivity index (χ1n) is 8.18. The molecule has 1 aromatic carbocycles. The largest absolute Gasteiger partial charge is 0.418 e. The molecule has 4 rings (SSSR count). The molecular weight excluding hydrogens is 377 g/mol. The minimum atomic E-state index is 0.150. The number of hydrogen-bond acceptors (Lipinski definition) is 5. The Kier molecular flexibility index (Phi) is 4.82. The molecule has 0 bridgehead atoms. The van der Waals surface area contributed by atoms with E-state index in [1.54, 1.807) is 11.3 Å². The molecule has 0 radical (unpaired) electrons. The van der Waals surface area contributed by atoms with Crippen LogP contribution in [0.5, 0.6) is 0 Å². The van der Waals surface area contributed by atoms with Gasteiger partial charge in [-0.05, 0) is 56.1 Å². The van der Waals surface area contributed by atoms with Crippen molar-refractivity contribution in [2.75, 3.05) is 6.54 Å². The fourth-order valence-electron chi connectivity index (χ4n) is 3.19. The zero-order valence-corrected chi connectivity index (χ0v) is 16.0. The van der Waals surface area contributed by atoms with Gasteiger partial charge in [-0.25, -0.2) is 0 Å². The molecule has 1 aliphatic rings. The Hall–Kier alpha value is -1.40. The number of aryl methyl sites for hydroxylation is 1. The van der Waals surface area contributed by atoms with Gasteiger partial charge in [0, 0.05) is 11.4 Å². The summed E-state index contributed by atoms with van der Waals surface area (Å²) < 4.78 is 5.98. The Labute approximate surface area is 160 Å². The summed E-state index contributed by atoms with van der Waals surface area (Å²) in [6.45, 7) is 3.86. The fourth-order valence-corrected chi connectivity index (χ4v) is 4.30. The Balaban J connectivity index is 1.53. The maximum atomic E-state index is 6.14. The van der Waals surface area contributed by atoms with E-state index in [0.29, 0.717) is 21.8 Å². The summed E-state index contributed by atoms with van der Waals surface area (Å²) in [5.41, 5.74) is 1.13. The summed E-state index contributed by atoms with van der Waals surface area (Å²) in [5, 5.41) is 9.71. The number of likely N-dealkylation sites (tertiary alicyclic amines) is 1. The summed E-state index contributed by atoms with van der Waals surface area (Å²) >= 11 is 13.8. The van der Waals surface area contributed by atoms with Crippen LogP contribution in [0.2, 0.25) is 10.0 Å². The predicted molar refractivity (Wildman–Crippen MR) is 101 cm³/mol. The highest BCUT2D eigenvalue weighted by Gasteiger charge is 2.30. The van der Waals surface area contributed by atoms with Crippen LogP contribution in [0.3, 0.4) is 0 Å². The van der Waals surface area contributed by atoms with Crippen molar-refractivity contribution in [2.24, 2.45) is 0 Å². The molecule has 2 aromatic heterocycles. The number of aromatic nitrogens is 2. The molecule has 3 heterocycles. The number of benzene rings is 1. The Morgan fingerprint density at radius 2 is 2.08 bits per heavy atom. The average Bonchev–Trinajstić information content (AvgIpc) is 3.30. The topological polar surface area (TPSA) is 42.2 Å². The minimum Gasteiger partial charge on any atom is -0.418 e. The van der Waals surface area contributed by atoms with Crippen LogP contribution in [0.15, 0.2) is 34.7 Å². The first-order chi connectivity index (χ1) is 12.1. The van der Waals surface area contributed by atoms with E-state index < -0.39 is 0 Å². The van der Waals surface area contributed by atoms with Gasteiger partial charge in [-0.3, -0.25) is 4.90 Å². The monoisotopic (exact) mass is 393 g/mol. The standard InChI is InChI=1S/C18H17Cl2N3OS/c1-11-4-7-16(25-11)18-22-21-17(24-18)15-3-2-8-23(15)10-12-5-6-13(19)14(20)9-12/h4-7,9,15H,2-3,8,10H2,1H3. The second-order valence-corrected chi connectivity index (χ2v) is 8.34. The van der Waals surface area contributed by atoms with Crippen LogP contribution in [-0.2, 0) is 6.54 Å². The molecule has 0 spiro atoms. The summed E-state index contributed by atoms with van der Waals surface area (Å²) in [4.78, 5) is 4.61. The number of rotatable bonds is 4. The molecule has 1 aliphatic heterocycles. The molecule has 0 N–H and O–H groups in total. The molecule has 1 unspecified atom stereocenters. The smallest absolute Gasteiger partial charge is 0.257 e. The van der Waals surface area contributed by atoms with Crippen LogP contribution in [0.1, 0.15) is 35.2 Å². The lowest BCUT2D eigenvalue weighted by Gasteiger charge is -2.21. The molecule has 1 atom stereocenters. The molecule has 7 heteroatoms. The lowest BCUT2D eigenvalue weighted by Crippen LogP contribution is -2.23. The molecule has 0 aliphatic carbocycles. The number of thiophene rings is 1. The highest BCUT2D eigenvalue weighted by Crippen LogP contribution is 2.35. The fraction of sp³-hybridized carbons (Fsp3) is 0.333. The second-order valence-electron chi connectivity index (χ2n) is 6.23. The SMILES string of the molecule is Cc1ccc(-c2nnc(C3CCCN3Cc3ccc(Cl)c(Cl)c3)o2)s1. The van der Waals surface area contributed by atoms with Gasteiger partial charge in [0.25, 0.3) is 5.89 Å². The van der Waals surface area contributed by atoms with Crippen molar-refractivity contribution in [2.45, 2.75) is 32.4 Å². The Bertz CT molecular complexity index is 892. The highest BCUT2D eigenvalue weighted by molar-refractivity contribution is 7.15. The lowest BCUT2D eigenvalue weighted by molar-refractivity contribution is 0.215. The zero-order chi connectivity index (χ0) is 17.4. The Morgan fingerprint density at radius 3 is 2.84 bits per heavy atom. The number of hydrogen-bond donors (Lipinski definition) is 0. The van der Waals surface area contributed by atoms with Crippen molar-refractivity contribution >= 4 is 34.5 Å². The maximum absolute atomic E-state index is 6.14. The third-order valence-corrected chi connectivity index (χ3v) is 6.14. The van der Waals surface area contributed by atoms with Gasteiger partial charge in [-0.1, -0.05) is 29.3 Å². The first kappa shape index (κ1) is 17.0. The summed E-state index contributed by atoms with van der Waals surface area (Å²) in [5.74, 6) is 1.30. The summed E-state index contributed by atoms with van der Waals surface area (Å²) in [7, 11) is 0. The number of halogens is 2. The molecule has 25 heavy (non-hydrogen) atoms. The summed E-state index contributed by atoms with van der Waals surface area (Å²) in [6, 6.07) is 10.0. The molecule has 130 valence electrons. The lowest BCUT2D eigenvalue weighted by atomic mass is 10.2.